The van der Waals surface area contributed by atoms with Gasteiger partial charge in [-0.05, 0) is 30.7 Å². The van der Waals surface area contributed by atoms with Crippen molar-refractivity contribution in [1.29, 1.82) is 0 Å². The first kappa shape index (κ1) is 14.4. The molecule has 6 heteroatoms. The largest absolute Gasteiger partial charge is 0.465 e. The minimum absolute atomic E-state index is 0.136. The van der Waals surface area contributed by atoms with E-state index in [4.69, 9.17) is 0 Å². The second-order valence-corrected chi connectivity index (χ2v) is 5.35. The fourth-order valence-corrected chi connectivity index (χ4v) is 2.66. The molecule has 0 unspecified atom stereocenters. The van der Waals surface area contributed by atoms with Gasteiger partial charge in [0.1, 0.15) is 0 Å². The Balaban J connectivity index is 3.13. The second kappa shape index (κ2) is 5.79. The van der Waals surface area contributed by atoms with Crippen LogP contribution >= 0.6 is 0 Å². The number of hydrogen-bond donors (Lipinski definition) is 1. The van der Waals surface area contributed by atoms with E-state index < -0.39 is 16.0 Å². The summed E-state index contributed by atoms with van der Waals surface area (Å²) >= 11 is 0. The molecule has 0 aliphatic heterocycles. The summed E-state index contributed by atoms with van der Waals surface area (Å²) in [5.41, 5.74) is 0.798. The van der Waals surface area contributed by atoms with Crippen molar-refractivity contribution in [3.8, 4) is 0 Å². The molecule has 1 aromatic rings. The third-order valence-electron chi connectivity index (χ3n) is 2.30. The number of hydrogen-bond acceptors (Lipinski definition) is 4. The molecule has 5 nitrogen and oxygen atoms in total. The van der Waals surface area contributed by atoms with Gasteiger partial charge in [0.15, 0.2) is 0 Å². The van der Waals surface area contributed by atoms with Crippen LogP contribution in [-0.2, 0) is 14.8 Å². The molecule has 0 heterocycles. The van der Waals surface area contributed by atoms with Crippen LogP contribution in [0.1, 0.15) is 15.9 Å². The summed E-state index contributed by atoms with van der Waals surface area (Å²) in [6.45, 7) is 5.21. The van der Waals surface area contributed by atoms with Gasteiger partial charge >= 0.3 is 5.97 Å². The van der Waals surface area contributed by atoms with Gasteiger partial charge in [0, 0.05) is 6.54 Å². The zero-order valence-electron chi connectivity index (χ0n) is 10.3. The molecular formula is C12H15NO4S. The summed E-state index contributed by atoms with van der Waals surface area (Å²) in [5.74, 6) is -0.499. The van der Waals surface area contributed by atoms with Crippen LogP contribution in [0.15, 0.2) is 35.7 Å². The molecule has 0 atom stereocenters. The van der Waals surface area contributed by atoms with E-state index in [-0.39, 0.29) is 11.4 Å². The third-order valence-corrected chi connectivity index (χ3v) is 3.89. The predicted molar refractivity (Wildman–Crippen MR) is 67.9 cm³/mol. The van der Waals surface area contributed by atoms with Crippen LogP contribution in [0.5, 0.6) is 0 Å². The van der Waals surface area contributed by atoms with E-state index in [0.717, 1.165) is 0 Å². The smallest absolute Gasteiger partial charge is 0.337 e. The number of methoxy groups -OCH3 is 1. The number of ether oxygens (including phenoxy) is 1. The van der Waals surface area contributed by atoms with Gasteiger partial charge in [0.05, 0.1) is 17.6 Å². The van der Waals surface area contributed by atoms with Gasteiger partial charge in [-0.15, -0.1) is 6.58 Å². The van der Waals surface area contributed by atoms with E-state index in [1.54, 1.807) is 6.92 Å². The van der Waals surface area contributed by atoms with E-state index >= 15 is 0 Å². The summed E-state index contributed by atoms with van der Waals surface area (Å²) in [5, 5.41) is 0. The number of benzene rings is 1. The molecular weight excluding hydrogens is 254 g/mol. The highest BCUT2D eigenvalue weighted by Gasteiger charge is 2.17. The summed E-state index contributed by atoms with van der Waals surface area (Å²) in [6, 6.07) is 4.28. The van der Waals surface area contributed by atoms with E-state index in [1.807, 2.05) is 0 Å². The Morgan fingerprint density at radius 1 is 1.50 bits per heavy atom. The quantitative estimate of drug-likeness (QED) is 0.645. The molecule has 0 spiro atoms. The van der Waals surface area contributed by atoms with Crippen LogP contribution in [0, 0.1) is 6.92 Å². The molecule has 1 aromatic carbocycles. The van der Waals surface area contributed by atoms with Crippen molar-refractivity contribution in [2.75, 3.05) is 13.7 Å². The van der Waals surface area contributed by atoms with Crippen molar-refractivity contribution in [2.45, 2.75) is 11.8 Å². The Morgan fingerprint density at radius 2 is 2.17 bits per heavy atom. The molecule has 0 aliphatic carbocycles. The number of aryl methyl sites for hydroxylation is 1. The van der Waals surface area contributed by atoms with Crippen LogP contribution < -0.4 is 4.72 Å². The molecule has 0 bridgehead atoms. The highest BCUT2D eigenvalue weighted by atomic mass is 32.2. The Hall–Kier alpha value is -1.66. The average Bonchev–Trinajstić information content (AvgIpc) is 2.35. The number of sulfonamides is 1. The number of carbonyl (C=O) groups excluding carboxylic acids is 1. The third kappa shape index (κ3) is 3.18. The summed E-state index contributed by atoms with van der Waals surface area (Å²) in [4.78, 5) is 11.4. The fourth-order valence-electron chi connectivity index (χ4n) is 1.44. The Morgan fingerprint density at radius 3 is 2.67 bits per heavy atom. The maximum atomic E-state index is 11.9. The number of carbonyl (C=O) groups is 1. The molecule has 98 valence electrons. The van der Waals surface area contributed by atoms with Crippen LogP contribution in [-0.4, -0.2) is 28.0 Å². The highest BCUT2D eigenvalue weighted by molar-refractivity contribution is 7.89. The van der Waals surface area contributed by atoms with Gasteiger partial charge in [0.2, 0.25) is 10.0 Å². The second-order valence-electron chi connectivity index (χ2n) is 3.61. The number of esters is 1. The molecule has 0 saturated carbocycles. The first-order chi connectivity index (χ1) is 8.42. The first-order valence-electron chi connectivity index (χ1n) is 5.22. The lowest BCUT2D eigenvalue weighted by atomic mass is 10.1. The molecule has 0 aliphatic rings. The van der Waals surface area contributed by atoms with Crippen molar-refractivity contribution >= 4 is 16.0 Å². The lowest BCUT2D eigenvalue weighted by molar-refractivity contribution is 0.0600. The van der Waals surface area contributed by atoms with Crippen molar-refractivity contribution in [3.63, 3.8) is 0 Å². The van der Waals surface area contributed by atoms with E-state index in [0.29, 0.717) is 11.1 Å². The monoisotopic (exact) mass is 269 g/mol. The Bertz CT molecular complexity index is 563. The minimum atomic E-state index is -3.58. The lowest BCUT2D eigenvalue weighted by Crippen LogP contribution is -2.24. The van der Waals surface area contributed by atoms with Crippen LogP contribution in [0.25, 0.3) is 0 Å². The van der Waals surface area contributed by atoms with Crippen molar-refractivity contribution in [3.05, 3.63) is 42.0 Å². The fraction of sp³-hybridized carbons (Fsp3) is 0.250. The highest BCUT2D eigenvalue weighted by Crippen LogP contribution is 2.17. The van der Waals surface area contributed by atoms with Gasteiger partial charge in [0.25, 0.3) is 0 Å². The predicted octanol–water partition coefficient (Wildman–Crippen LogP) is 1.25. The van der Waals surface area contributed by atoms with E-state index in [9.17, 15) is 13.2 Å². The number of rotatable bonds is 5. The molecule has 0 radical (unpaired) electrons. The van der Waals surface area contributed by atoms with Gasteiger partial charge in [-0.25, -0.2) is 17.9 Å². The van der Waals surface area contributed by atoms with Crippen LogP contribution in [0.2, 0.25) is 0 Å². The normalized spacial score (nSPS) is 11.0. The standard InChI is InChI=1S/C12H15NO4S/c1-4-7-13-18(15,16)11-6-5-10(8-9(11)2)12(14)17-3/h4-6,8,13H,1,7H2,2-3H3. The maximum absolute atomic E-state index is 11.9. The Labute approximate surface area is 107 Å². The van der Waals surface area contributed by atoms with Crippen molar-refractivity contribution in [1.82, 2.24) is 4.72 Å². The summed E-state index contributed by atoms with van der Waals surface area (Å²) in [7, 11) is -2.30. The van der Waals surface area contributed by atoms with Gasteiger partial charge in [-0.2, -0.15) is 0 Å². The van der Waals surface area contributed by atoms with Gasteiger partial charge in [-0.3, -0.25) is 0 Å². The SMILES string of the molecule is C=CCNS(=O)(=O)c1ccc(C(=O)OC)cc1C. The van der Waals surface area contributed by atoms with E-state index in [1.165, 1.54) is 31.4 Å². The Kier molecular flexibility index (Phi) is 4.63. The minimum Gasteiger partial charge on any atom is -0.465 e. The molecule has 0 fully saturated rings. The van der Waals surface area contributed by atoms with E-state index in [2.05, 4.69) is 16.0 Å². The molecule has 0 amide bonds. The van der Waals surface area contributed by atoms with Gasteiger partial charge in [-0.1, -0.05) is 6.08 Å². The molecule has 1 rings (SSSR count). The van der Waals surface area contributed by atoms with Crippen LogP contribution in [0.3, 0.4) is 0 Å². The maximum Gasteiger partial charge on any atom is 0.337 e. The summed E-state index contributed by atoms with van der Waals surface area (Å²) in [6.07, 6.45) is 1.45. The lowest BCUT2D eigenvalue weighted by Gasteiger charge is -2.09. The van der Waals surface area contributed by atoms with Gasteiger partial charge < -0.3 is 4.74 Å². The molecule has 1 N–H and O–H groups in total. The zero-order chi connectivity index (χ0) is 13.8. The topological polar surface area (TPSA) is 72.5 Å². The molecule has 0 saturated heterocycles. The zero-order valence-corrected chi connectivity index (χ0v) is 11.1. The molecule has 18 heavy (non-hydrogen) atoms. The van der Waals surface area contributed by atoms with Crippen LogP contribution in [0.4, 0.5) is 0 Å². The van der Waals surface area contributed by atoms with Crippen molar-refractivity contribution in [2.24, 2.45) is 0 Å². The van der Waals surface area contributed by atoms with Crippen molar-refractivity contribution < 1.29 is 17.9 Å². The molecule has 0 aromatic heterocycles. The summed E-state index contributed by atoms with van der Waals surface area (Å²) < 4.78 is 30.7. The number of nitrogens with one attached hydrogen (secondary N) is 1. The first-order valence-corrected chi connectivity index (χ1v) is 6.70. The average molecular weight is 269 g/mol.